The number of nitrogens with zero attached hydrogens (tertiary/aromatic N) is 2. The fraction of sp³-hybridized carbons (Fsp3) is 0.520. The first-order valence-corrected chi connectivity index (χ1v) is 11.5. The van der Waals surface area contributed by atoms with Crippen LogP contribution in [0.15, 0.2) is 41.6 Å². The van der Waals surface area contributed by atoms with Gasteiger partial charge in [-0.25, -0.2) is 4.79 Å². The third-order valence-electron chi connectivity index (χ3n) is 6.21. The van der Waals surface area contributed by atoms with E-state index in [9.17, 15) is 19.2 Å². The Kier molecular flexibility index (Phi) is 8.25. The van der Waals surface area contributed by atoms with Gasteiger partial charge in [0, 0.05) is 31.1 Å². The van der Waals surface area contributed by atoms with Gasteiger partial charge in [-0.3, -0.25) is 14.4 Å². The molecule has 0 radical (unpaired) electrons. The number of amides is 2. The number of hydrogen-bond donors (Lipinski definition) is 0. The number of carbonyl (C=O) groups is 4. The molecule has 2 atom stereocenters. The van der Waals surface area contributed by atoms with Crippen molar-refractivity contribution in [3.8, 4) is 0 Å². The highest BCUT2D eigenvalue weighted by Crippen LogP contribution is 2.37. The molecular formula is C25H32N2O6. The summed E-state index contributed by atoms with van der Waals surface area (Å²) in [7, 11) is 0. The number of hydrogen-bond acceptors (Lipinski definition) is 6. The Morgan fingerprint density at radius 1 is 1.06 bits per heavy atom. The molecule has 0 aromatic heterocycles. The van der Waals surface area contributed by atoms with E-state index in [-0.39, 0.29) is 49.8 Å². The third-order valence-corrected chi connectivity index (χ3v) is 6.21. The molecule has 2 aliphatic rings. The Morgan fingerprint density at radius 3 is 2.42 bits per heavy atom. The first-order chi connectivity index (χ1) is 15.9. The first kappa shape index (κ1) is 24.5. The fourth-order valence-corrected chi connectivity index (χ4v) is 4.54. The maximum absolute atomic E-state index is 13.1. The molecule has 2 aliphatic heterocycles. The summed E-state index contributed by atoms with van der Waals surface area (Å²) in [6, 6.07) is 9.37. The van der Waals surface area contributed by atoms with Crippen molar-refractivity contribution in [1.82, 2.24) is 9.80 Å². The summed E-state index contributed by atoms with van der Waals surface area (Å²) in [5, 5.41) is 0. The Labute approximate surface area is 194 Å². The van der Waals surface area contributed by atoms with Gasteiger partial charge >= 0.3 is 11.9 Å². The minimum Gasteiger partial charge on any atom is -0.466 e. The van der Waals surface area contributed by atoms with E-state index in [2.05, 4.69) is 0 Å². The molecule has 0 spiro atoms. The lowest BCUT2D eigenvalue weighted by Gasteiger charge is -2.37. The molecular weight excluding hydrogens is 424 g/mol. The molecule has 2 unspecified atom stereocenters. The van der Waals surface area contributed by atoms with Gasteiger partial charge in [-0.1, -0.05) is 30.3 Å². The van der Waals surface area contributed by atoms with Crippen molar-refractivity contribution in [1.29, 1.82) is 0 Å². The number of rotatable bonds is 7. The van der Waals surface area contributed by atoms with E-state index in [1.54, 1.807) is 25.7 Å². The van der Waals surface area contributed by atoms with E-state index in [1.165, 1.54) is 4.90 Å². The lowest BCUT2D eigenvalue weighted by Crippen LogP contribution is -2.49. The van der Waals surface area contributed by atoms with Gasteiger partial charge in [0.15, 0.2) is 0 Å². The van der Waals surface area contributed by atoms with Crippen LogP contribution in [0.25, 0.3) is 0 Å². The minimum absolute atomic E-state index is 0.0776. The molecule has 8 nitrogen and oxygen atoms in total. The van der Waals surface area contributed by atoms with E-state index in [0.717, 1.165) is 5.56 Å². The normalized spacial score (nSPS) is 21.1. The lowest BCUT2D eigenvalue weighted by molar-refractivity contribution is -0.152. The zero-order valence-electron chi connectivity index (χ0n) is 19.5. The summed E-state index contributed by atoms with van der Waals surface area (Å²) in [4.78, 5) is 54.1. The maximum atomic E-state index is 13.1. The lowest BCUT2D eigenvalue weighted by atomic mass is 9.83. The highest BCUT2D eigenvalue weighted by molar-refractivity contribution is 5.97. The number of ether oxygens (including phenoxy) is 2. The van der Waals surface area contributed by atoms with Crippen LogP contribution in [0.4, 0.5) is 0 Å². The van der Waals surface area contributed by atoms with Crippen molar-refractivity contribution in [2.45, 2.75) is 46.0 Å². The van der Waals surface area contributed by atoms with Crippen molar-refractivity contribution in [3.05, 3.63) is 47.2 Å². The zero-order valence-corrected chi connectivity index (χ0v) is 19.5. The van der Waals surface area contributed by atoms with Crippen LogP contribution in [0.1, 0.15) is 51.5 Å². The summed E-state index contributed by atoms with van der Waals surface area (Å²) >= 11 is 0. The molecule has 178 valence electrons. The van der Waals surface area contributed by atoms with E-state index < -0.39 is 11.9 Å². The minimum atomic E-state index is -0.478. The monoisotopic (exact) mass is 456 g/mol. The highest BCUT2D eigenvalue weighted by atomic mass is 16.5. The number of esters is 2. The predicted molar refractivity (Wildman–Crippen MR) is 121 cm³/mol. The summed E-state index contributed by atoms with van der Waals surface area (Å²) < 4.78 is 10.4. The van der Waals surface area contributed by atoms with E-state index in [0.29, 0.717) is 37.3 Å². The van der Waals surface area contributed by atoms with Crippen LogP contribution in [0.5, 0.6) is 0 Å². The Hall–Kier alpha value is -3.16. The molecule has 2 amide bonds. The highest BCUT2D eigenvalue weighted by Gasteiger charge is 2.38. The maximum Gasteiger partial charge on any atom is 0.336 e. The van der Waals surface area contributed by atoms with Crippen molar-refractivity contribution < 1.29 is 28.7 Å². The molecule has 1 fully saturated rings. The summed E-state index contributed by atoms with van der Waals surface area (Å²) in [6.07, 6.45) is 1.45. The van der Waals surface area contributed by atoms with Crippen LogP contribution in [0, 0.1) is 5.92 Å². The van der Waals surface area contributed by atoms with E-state index >= 15 is 0 Å². The molecule has 2 heterocycles. The van der Waals surface area contributed by atoms with Crippen LogP contribution in [0.3, 0.4) is 0 Å². The molecule has 0 N–H and O–H groups in total. The first-order valence-electron chi connectivity index (χ1n) is 11.5. The summed E-state index contributed by atoms with van der Waals surface area (Å²) in [5.41, 5.74) is 1.69. The average molecular weight is 457 g/mol. The molecule has 3 rings (SSSR count). The quantitative estimate of drug-likeness (QED) is 0.586. The van der Waals surface area contributed by atoms with Crippen molar-refractivity contribution in [2.75, 3.05) is 32.8 Å². The number of piperidine rings is 1. The smallest absolute Gasteiger partial charge is 0.336 e. The fourth-order valence-electron chi connectivity index (χ4n) is 4.54. The van der Waals surface area contributed by atoms with Gasteiger partial charge in [-0.05, 0) is 39.2 Å². The van der Waals surface area contributed by atoms with Gasteiger partial charge < -0.3 is 19.3 Å². The molecule has 8 heteroatoms. The molecule has 1 saturated heterocycles. The Morgan fingerprint density at radius 2 is 1.76 bits per heavy atom. The van der Waals surface area contributed by atoms with Crippen LogP contribution >= 0.6 is 0 Å². The predicted octanol–water partition coefficient (Wildman–Crippen LogP) is 2.64. The van der Waals surface area contributed by atoms with Crippen LogP contribution < -0.4 is 0 Å². The number of allylic oxidation sites excluding steroid dienone is 1. The van der Waals surface area contributed by atoms with Crippen molar-refractivity contribution in [2.24, 2.45) is 5.92 Å². The standard InChI is InChI=1S/C25H32N2O6/c1-4-32-24(30)19-12-9-13-26(15-19)22(29)16-27-17(3)23(25(31)33-5-2)20(14-21(27)28)18-10-7-6-8-11-18/h6-8,10-11,19-20H,4-5,9,12-16H2,1-3H3. The molecule has 1 aromatic carbocycles. The average Bonchev–Trinajstić information content (AvgIpc) is 2.82. The molecule has 1 aromatic rings. The van der Waals surface area contributed by atoms with Gasteiger partial charge in [-0.2, -0.15) is 0 Å². The zero-order chi connectivity index (χ0) is 24.0. The van der Waals surface area contributed by atoms with Crippen molar-refractivity contribution in [3.63, 3.8) is 0 Å². The number of likely N-dealkylation sites (tertiary alicyclic amines) is 1. The molecule has 0 bridgehead atoms. The number of benzene rings is 1. The van der Waals surface area contributed by atoms with Crippen LogP contribution in [-0.2, 0) is 28.7 Å². The van der Waals surface area contributed by atoms with Gasteiger partial charge in [-0.15, -0.1) is 0 Å². The Bertz CT molecular complexity index is 926. The van der Waals surface area contributed by atoms with E-state index in [4.69, 9.17) is 9.47 Å². The topological polar surface area (TPSA) is 93.2 Å². The largest absolute Gasteiger partial charge is 0.466 e. The molecule has 0 aliphatic carbocycles. The van der Waals surface area contributed by atoms with Crippen molar-refractivity contribution >= 4 is 23.8 Å². The second-order valence-electron chi connectivity index (χ2n) is 8.30. The van der Waals surface area contributed by atoms with Gasteiger partial charge in [0.2, 0.25) is 11.8 Å². The SMILES string of the molecule is CCOC(=O)C1=C(C)N(CC(=O)N2CCCC(C(=O)OCC)C2)C(=O)CC1c1ccccc1. The van der Waals surface area contributed by atoms with Gasteiger partial charge in [0.25, 0.3) is 0 Å². The van der Waals surface area contributed by atoms with Crippen LogP contribution in [-0.4, -0.2) is 66.4 Å². The summed E-state index contributed by atoms with van der Waals surface area (Å²) in [5.74, 6) is -2.02. The van der Waals surface area contributed by atoms with Crippen LogP contribution in [0.2, 0.25) is 0 Å². The third kappa shape index (κ3) is 5.61. The van der Waals surface area contributed by atoms with E-state index in [1.807, 2.05) is 30.3 Å². The van der Waals surface area contributed by atoms with Gasteiger partial charge in [0.05, 0.1) is 24.7 Å². The molecule has 0 saturated carbocycles. The molecule has 33 heavy (non-hydrogen) atoms. The Balaban J connectivity index is 1.82. The number of carbonyl (C=O) groups excluding carboxylic acids is 4. The second kappa shape index (κ2) is 11.1. The second-order valence-corrected chi connectivity index (χ2v) is 8.30. The van der Waals surface area contributed by atoms with Gasteiger partial charge in [0.1, 0.15) is 6.54 Å². The summed E-state index contributed by atoms with van der Waals surface area (Å²) in [6.45, 7) is 6.31.